The van der Waals surface area contributed by atoms with E-state index in [4.69, 9.17) is 9.84 Å². The van der Waals surface area contributed by atoms with E-state index in [0.717, 1.165) is 12.0 Å². The van der Waals surface area contributed by atoms with Crippen LogP contribution in [0.3, 0.4) is 0 Å². The highest BCUT2D eigenvalue weighted by atomic mass is 16.5. The number of fused-ring (bicyclic) bond motifs is 2. The van der Waals surface area contributed by atoms with Gasteiger partial charge < -0.3 is 14.9 Å². The van der Waals surface area contributed by atoms with Gasteiger partial charge >= 0.3 is 5.97 Å². The molecule has 0 bridgehead atoms. The van der Waals surface area contributed by atoms with Gasteiger partial charge in [-0.3, -0.25) is 4.79 Å². The quantitative estimate of drug-likeness (QED) is 0.753. The van der Waals surface area contributed by atoms with E-state index in [1.165, 1.54) is 0 Å². The van der Waals surface area contributed by atoms with Crippen molar-refractivity contribution in [3.05, 3.63) is 23.8 Å². The Morgan fingerprint density at radius 2 is 2.31 bits per heavy atom. The molecule has 0 amide bonds. The van der Waals surface area contributed by atoms with Crippen molar-refractivity contribution in [2.45, 2.75) is 18.3 Å². The van der Waals surface area contributed by atoms with Crippen LogP contribution in [0.4, 0.5) is 0 Å². The monoisotopic (exact) mass is 220 g/mol. The van der Waals surface area contributed by atoms with Crippen LogP contribution in [-0.2, 0) is 10.2 Å². The first-order valence-electron chi connectivity index (χ1n) is 5.32. The lowest BCUT2D eigenvalue weighted by molar-refractivity contribution is -0.139. The van der Waals surface area contributed by atoms with E-state index in [1.54, 1.807) is 18.2 Å². The molecule has 2 aliphatic rings. The Hall–Kier alpha value is -1.71. The first kappa shape index (κ1) is 9.51. The van der Waals surface area contributed by atoms with Crippen molar-refractivity contribution >= 4 is 5.97 Å². The maximum absolute atomic E-state index is 11.0. The van der Waals surface area contributed by atoms with Gasteiger partial charge in [0, 0.05) is 17.0 Å². The molecule has 4 nitrogen and oxygen atoms in total. The maximum atomic E-state index is 11.0. The average molecular weight is 220 g/mol. The Morgan fingerprint density at radius 3 is 3.00 bits per heavy atom. The summed E-state index contributed by atoms with van der Waals surface area (Å²) in [5.74, 6) is -0.237. The Labute approximate surface area is 92.5 Å². The molecule has 0 saturated heterocycles. The van der Waals surface area contributed by atoms with Crippen LogP contribution in [0, 0.1) is 5.92 Å². The number of rotatable bonds is 1. The van der Waals surface area contributed by atoms with E-state index in [9.17, 15) is 9.90 Å². The van der Waals surface area contributed by atoms with Gasteiger partial charge in [0.25, 0.3) is 0 Å². The third kappa shape index (κ3) is 1.13. The van der Waals surface area contributed by atoms with Crippen LogP contribution in [-0.4, -0.2) is 22.8 Å². The molecule has 16 heavy (non-hydrogen) atoms. The molecule has 1 spiro atoms. The molecule has 1 saturated carbocycles. The number of phenols is 1. The van der Waals surface area contributed by atoms with Gasteiger partial charge in [-0.05, 0) is 18.9 Å². The van der Waals surface area contributed by atoms with Crippen LogP contribution < -0.4 is 4.74 Å². The Bertz CT molecular complexity index is 468. The molecule has 1 fully saturated rings. The van der Waals surface area contributed by atoms with Crippen molar-refractivity contribution in [1.82, 2.24) is 0 Å². The normalized spacial score (nSPS) is 30.6. The lowest BCUT2D eigenvalue weighted by Crippen LogP contribution is -2.24. The van der Waals surface area contributed by atoms with E-state index in [1.807, 2.05) is 0 Å². The summed E-state index contributed by atoms with van der Waals surface area (Å²) in [5.41, 5.74) is 0.691. The molecule has 1 heterocycles. The van der Waals surface area contributed by atoms with Crippen molar-refractivity contribution in [3.63, 3.8) is 0 Å². The topological polar surface area (TPSA) is 66.8 Å². The number of ether oxygens (including phenoxy) is 1. The van der Waals surface area contributed by atoms with Crippen LogP contribution in [0.2, 0.25) is 0 Å². The summed E-state index contributed by atoms with van der Waals surface area (Å²) in [5, 5.41) is 18.4. The first-order chi connectivity index (χ1) is 7.63. The van der Waals surface area contributed by atoms with Gasteiger partial charge in [-0.1, -0.05) is 6.07 Å². The highest BCUT2D eigenvalue weighted by Gasteiger charge is 2.61. The zero-order chi connectivity index (χ0) is 11.3. The van der Waals surface area contributed by atoms with Gasteiger partial charge in [-0.2, -0.15) is 0 Å². The van der Waals surface area contributed by atoms with Gasteiger partial charge in [-0.25, -0.2) is 0 Å². The van der Waals surface area contributed by atoms with E-state index in [-0.39, 0.29) is 17.1 Å². The van der Waals surface area contributed by atoms with Gasteiger partial charge in [-0.15, -0.1) is 0 Å². The summed E-state index contributed by atoms with van der Waals surface area (Å²) in [6.45, 7) is 0.528. The van der Waals surface area contributed by atoms with Crippen LogP contribution in [0.5, 0.6) is 11.5 Å². The van der Waals surface area contributed by atoms with Crippen LogP contribution in [0.1, 0.15) is 18.4 Å². The number of benzene rings is 1. The SMILES string of the molecule is O=C(O)C1CC12CCOc1cc(O)ccc12. The minimum atomic E-state index is -0.735. The number of carbonyl (C=O) groups is 1. The largest absolute Gasteiger partial charge is 0.508 e. The maximum Gasteiger partial charge on any atom is 0.307 e. The summed E-state index contributed by atoms with van der Waals surface area (Å²) >= 11 is 0. The van der Waals surface area contributed by atoms with Gasteiger partial charge in [0.2, 0.25) is 0 Å². The number of aromatic hydroxyl groups is 1. The second-order valence-electron chi connectivity index (χ2n) is 4.53. The molecule has 84 valence electrons. The number of carboxylic acids is 1. The standard InChI is InChI=1S/C12H12O4/c13-7-1-2-8-10(5-7)16-4-3-12(8)6-9(12)11(14)15/h1-2,5,9,13H,3-4,6H2,(H,14,15). The summed E-state index contributed by atoms with van der Waals surface area (Å²) in [6, 6.07) is 4.94. The zero-order valence-electron chi connectivity index (χ0n) is 8.64. The second kappa shape index (κ2) is 2.90. The fourth-order valence-corrected chi connectivity index (χ4v) is 2.72. The zero-order valence-corrected chi connectivity index (χ0v) is 8.64. The molecule has 1 aromatic rings. The number of hydrogen-bond donors (Lipinski definition) is 2. The minimum absolute atomic E-state index is 0.156. The summed E-state index contributed by atoms with van der Waals surface area (Å²) in [6.07, 6.45) is 1.44. The molecule has 2 N–H and O–H groups in total. The van der Waals surface area contributed by atoms with Crippen LogP contribution >= 0.6 is 0 Å². The van der Waals surface area contributed by atoms with Gasteiger partial charge in [0.1, 0.15) is 11.5 Å². The second-order valence-corrected chi connectivity index (χ2v) is 4.53. The van der Waals surface area contributed by atoms with Gasteiger partial charge in [0.05, 0.1) is 12.5 Å². The van der Waals surface area contributed by atoms with Crippen LogP contribution in [0.25, 0.3) is 0 Å². The number of aliphatic carboxylic acids is 1. The molecule has 2 unspecified atom stereocenters. The Kier molecular flexibility index (Phi) is 1.73. The van der Waals surface area contributed by atoms with E-state index in [0.29, 0.717) is 18.8 Å². The molecule has 0 radical (unpaired) electrons. The third-order valence-corrected chi connectivity index (χ3v) is 3.68. The predicted molar refractivity (Wildman–Crippen MR) is 55.6 cm³/mol. The molecule has 1 aliphatic carbocycles. The highest BCUT2D eigenvalue weighted by molar-refractivity contribution is 5.78. The van der Waals surface area contributed by atoms with E-state index in [2.05, 4.69) is 0 Å². The molecule has 4 heteroatoms. The van der Waals surface area contributed by atoms with Crippen molar-refractivity contribution in [2.24, 2.45) is 5.92 Å². The van der Waals surface area contributed by atoms with Crippen molar-refractivity contribution in [3.8, 4) is 11.5 Å². The van der Waals surface area contributed by atoms with Crippen molar-refractivity contribution in [2.75, 3.05) is 6.61 Å². The molecule has 3 rings (SSSR count). The van der Waals surface area contributed by atoms with Crippen LogP contribution in [0.15, 0.2) is 18.2 Å². The van der Waals surface area contributed by atoms with E-state index >= 15 is 0 Å². The first-order valence-corrected chi connectivity index (χ1v) is 5.32. The molecular formula is C12H12O4. The number of carboxylic acid groups (broad SMARTS) is 1. The summed E-state index contributed by atoms with van der Waals surface area (Å²) in [7, 11) is 0. The van der Waals surface area contributed by atoms with Gasteiger partial charge in [0.15, 0.2) is 0 Å². The van der Waals surface area contributed by atoms with Crippen molar-refractivity contribution in [1.29, 1.82) is 0 Å². The summed E-state index contributed by atoms with van der Waals surface area (Å²) < 4.78 is 5.46. The molecule has 1 aliphatic heterocycles. The number of hydrogen-bond acceptors (Lipinski definition) is 3. The highest BCUT2D eigenvalue weighted by Crippen LogP contribution is 2.60. The minimum Gasteiger partial charge on any atom is -0.508 e. The molecule has 2 atom stereocenters. The predicted octanol–water partition coefficient (Wildman–Crippen LogP) is 1.52. The van der Waals surface area contributed by atoms with Crippen molar-refractivity contribution < 1.29 is 19.7 Å². The number of phenolic OH excluding ortho intramolecular Hbond substituents is 1. The Balaban J connectivity index is 2.05. The molecule has 1 aromatic carbocycles. The Morgan fingerprint density at radius 1 is 1.50 bits per heavy atom. The fourth-order valence-electron chi connectivity index (χ4n) is 2.72. The molecular weight excluding hydrogens is 208 g/mol. The smallest absolute Gasteiger partial charge is 0.307 e. The third-order valence-electron chi connectivity index (χ3n) is 3.68. The fraction of sp³-hybridized carbons (Fsp3) is 0.417. The lowest BCUT2D eigenvalue weighted by atomic mass is 9.87. The van der Waals surface area contributed by atoms with E-state index < -0.39 is 5.97 Å². The lowest BCUT2D eigenvalue weighted by Gasteiger charge is -2.26. The molecule has 0 aromatic heterocycles. The average Bonchev–Trinajstić information content (AvgIpc) is 2.93. The summed E-state index contributed by atoms with van der Waals surface area (Å²) in [4.78, 5) is 11.0.